The molecule has 3 heteroatoms. The van der Waals surface area contributed by atoms with Gasteiger partial charge in [-0.1, -0.05) is 5.57 Å². The molecule has 0 bridgehead atoms. The highest BCUT2D eigenvalue weighted by Crippen LogP contribution is 2.42. The van der Waals surface area contributed by atoms with Gasteiger partial charge in [0.15, 0.2) is 0 Å². The lowest BCUT2D eigenvalue weighted by Gasteiger charge is -2.37. The number of allylic oxidation sites excluding steroid dienone is 1. The first-order chi connectivity index (χ1) is 6.80. The summed E-state index contributed by atoms with van der Waals surface area (Å²) in [5.41, 5.74) is 8.54. The summed E-state index contributed by atoms with van der Waals surface area (Å²) in [7, 11) is 3.42. The van der Waals surface area contributed by atoms with Gasteiger partial charge >= 0.3 is 0 Å². The lowest BCUT2D eigenvalue weighted by atomic mass is 9.72. The number of hydrogen-bond acceptors (Lipinski definition) is 3. The Morgan fingerprint density at radius 1 is 1.43 bits per heavy atom. The number of methoxy groups -OCH3 is 2. The van der Waals surface area contributed by atoms with Gasteiger partial charge in [0, 0.05) is 13.5 Å². The summed E-state index contributed by atoms with van der Waals surface area (Å²) in [5.74, 6) is 1.48. The minimum atomic E-state index is 0.109. The average Bonchev–Trinajstić information content (AvgIpc) is 2.20. The molecule has 0 heterocycles. The summed E-state index contributed by atoms with van der Waals surface area (Å²) in [6.07, 6.45) is 4.33. The monoisotopic (exact) mass is 195 g/mol. The predicted molar refractivity (Wildman–Crippen MR) is 54.7 cm³/mol. The van der Waals surface area contributed by atoms with E-state index in [1.165, 1.54) is 11.1 Å². The summed E-state index contributed by atoms with van der Waals surface area (Å²) < 4.78 is 10.7. The van der Waals surface area contributed by atoms with Crippen molar-refractivity contribution in [1.29, 1.82) is 0 Å². The highest BCUT2D eigenvalue weighted by Gasteiger charge is 2.34. The van der Waals surface area contributed by atoms with E-state index in [0.717, 1.165) is 25.1 Å². The first kappa shape index (κ1) is 9.74. The maximum atomic E-state index is 5.66. The molecule has 0 fully saturated rings. The van der Waals surface area contributed by atoms with Crippen LogP contribution in [-0.2, 0) is 9.47 Å². The zero-order chi connectivity index (χ0) is 10.1. The van der Waals surface area contributed by atoms with Gasteiger partial charge in [-0.2, -0.15) is 0 Å². The van der Waals surface area contributed by atoms with E-state index in [1.54, 1.807) is 14.2 Å². The highest BCUT2D eigenvalue weighted by molar-refractivity contribution is 5.43. The van der Waals surface area contributed by atoms with E-state index in [2.05, 4.69) is 6.08 Å². The maximum Gasteiger partial charge on any atom is 0.125 e. The Morgan fingerprint density at radius 2 is 2.21 bits per heavy atom. The number of rotatable bonds is 3. The Balaban J connectivity index is 2.18. The third-order valence-electron chi connectivity index (χ3n) is 3.19. The van der Waals surface area contributed by atoms with Crippen LogP contribution in [0.15, 0.2) is 23.0 Å². The minimum absolute atomic E-state index is 0.109. The fourth-order valence-corrected chi connectivity index (χ4v) is 2.27. The van der Waals surface area contributed by atoms with Crippen molar-refractivity contribution in [3.8, 4) is 0 Å². The Bertz CT molecular complexity index is 294. The molecule has 0 radical (unpaired) electrons. The largest absolute Gasteiger partial charge is 0.498 e. The van der Waals surface area contributed by atoms with Crippen LogP contribution in [-0.4, -0.2) is 26.9 Å². The maximum absolute atomic E-state index is 5.66. The van der Waals surface area contributed by atoms with Gasteiger partial charge in [0.1, 0.15) is 11.9 Å². The van der Waals surface area contributed by atoms with Crippen molar-refractivity contribution in [3.05, 3.63) is 23.0 Å². The van der Waals surface area contributed by atoms with Crippen LogP contribution >= 0.6 is 0 Å². The molecule has 2 atom stereocenters. The summed E-state index contributed by atoms with van der Waals surface area (Å²) in [6.45, 7) is 0.740. The van der Waals surface area contributed by atoms with Gasteiger partial charge in [0.25, 0.3) is 0 Å². The molecule has 2 unspecified atom stereocenters. The van der Waals surface area contributed by atoms with E-state index < -0.39 is 0 Å². The molecular formula is C11H17NO2. The molecule has 0 spiro atoms. The zero-order valence-corrected chi connectivity index (χ0v) is 8.75. The standard InChI is InChI=1S/C11H17NO2/c1-13-10-4-7-3-8(6-12)9(7)5-11(10)14-2/h5,8,10H,3-4,6,12H2,1-2H3. The van der Waals surface area contributed by atoms with E-state index >= 15 is 0 Å². The van der Waals surface area contributed by atoms with E-state index in [-0.39, 0.29) is 6.10 Å². The van der Waals surface area contributed by atoms with Crippen molar-refractivity contribution in [2.45, 2.75) is 18.9 Å². The molecule has 2 aliphatic carbocycles. The van der Waals surface area contributed by atoms with Crippen LogP contribution < -0.4 is 5.73 Å². The van der Waals surface area contributed by atoms with Crippen molar-refractivity contribution >= 4 is 0 Å². The molecule has 0 aromatic rings. The van der Waals surface area contributed by atoms with E-state index in [4.69, 9.17) is 15.2 Å². The average molecular weight is 195 g/mol. The fourth-order valence-electron chi connectivity index (χ4n) is 2.27. The molecule has 0 aromatic carbocycles. The molecule has 2 N–H and O–H groups in total. The van der Waals surface area contributed by atoms with Gasteiger partial charge in [-0.3, -0.25) is 0 Å². The third-order valence-corrected chi connectivity index (χ3v) is 3.19. The normalized spacial score (nSPS) is 30.6. The van der Waals surface area contributed by atoms with Crippen LogP contribution in [0.5, 0.6) is 0 Å². The summed E-state index contributed by atoms with van der Waals surface area (Å²) in [5, 5.41) is 0. The van der Waals surface area contributed by atoms with Gasteiger partial charge < -0.3 is 15.2 Å². The molecule has 2 aliphatic rings. The molecule has 0 aliphatic heterocycles. The van der Waals surface area contributed by atoms with Gasteiger partial charge in [0.2, 0.25) is 0 Å². The van der Waals surface area contributed by atoms with Crippen LogP contribution in [0.2, 0.25) is 0 Å². The number of ether oxygens (including phenoxy) is 2. The second-order valence-corrected chi connectivity index (χ2v) is 3.87. The van der Waals surface area contributed by atoms with Crippen molar-refractivity contribution < 1.29 is 9.47 Å². The van der Waals surface area contributed by atoms with Gasteiger partial charge in [-0.15, -0.1) is 0 Å². The SMILES string of the molecule is COC1=CC2=C(CC2CN)CC1OC. The summed E-state index contributed by atoms with van der Waals surface area (Å²) >= 11 is 0. The minimum Gasteiger partial charge on any atom is -0.498 e. The van der Waals surface area contributed by atoms with Crippen molar-refractivity contribution in [2.75, 3.05) is 20.8 Å². The van der Waals surface area contributed by atoms with Gasteiger partial charge in [-0.25, -0.2) is 0 Å². The molecule has 0 amide bonds. The van der Waals surface area contributed by atoms with Gasteiger partial charge in [0.05, 0.1) is 7.11 Å². The van der Waals surface area contributed by atoms with E-state index in [0.29, 0.717) is 5.92 Å². The highest BCUT2D eigenvalue weighted by atomic mass is 16.5. The smallest absolute Gasteiger partial charge is 0.125 e. The lowest BCUT2D eigenvalue weighted by Crippen LogP contribution is -2.32. The molecular weight excluding hydrogens is 178 g/mol. The lowest BCUT2D eigenvalue weighted by molar-refractivity contribution is 0.0733. The second-order valence-electron chi connectivity index (χ2n) is 3.87. The molecule has 0 aromatic heterocycles. The quantitative estimate of drug-likeness (QED) is 0.736. The Labute approximate surface area is 84.6 Å². The van der Waals surface area contributed by atoms with E-state index in [1.807, 2.05) is 0 Å². The molecule has 0 saturated heterocycles. The molecule has 78 valence electrons. The van der Waals surface area contributed by atoms with Crippen LogP contribution in [0.4, 0.5) is 0 Å². The summed E-state index contributed by atoms with van der Waals surface area (Å²) in [4.78, 5) is 0. The van der Waals surface area contributed by atoms with Crippen molar-refractivity contribution in [3.63, 3.8) is 0 Å². The predicted octanol–water partition coefficient (Wildman–Crippen LogP) is 1.21. The topological polar surface area (TPSA) is 44.5 Å². The van der Waals surface area contributed by atoms with Crippen LogP contribution in [0.3, 0.4) is 0 Å². The Kier molecular flexibility index (Phi) is 2.61. The summed E-state index contributed by atoms with van der Waals surface area (Å²) in [6, 6.07) is 0. The van der Waals surface area contributed by atoms with Crippen molar-refractivity contribution in [1.82, 2.24) is 0 Å². The second kappa shape index (κ2) is 3.75. The third kappa shape index (κ3) is 1.37. The zero-order valence-electron chi connectivity index (χ0n) is 8.75. The molecule has 14 heavy (non-hydrogen) atoms. The number of hydrogen-bond donors (Lipinski definition) is 1. The Morgan fingerprint density at radius 3 is 2.79 bits per heavy atom. The fraction of sp³-hybridized carbons (Fsp3) is 0.636. The van der Waals surface area contributed by atoms with Crippen LogP contribution in [0.1, 0.15) is 12.8 Å². The van der Waals surface area contributed by atoms with Crippen LogP contribution in [0, 0.1) is 5.92 Å². The van der Waals surface area contributed by atoms with Crippen LogP contribution in [0.25, 0.3) is 0 Å². The number of nitrogens with two attached hydrogens (primary N) is 1. The first-order valence-electron chi connectivity index (χ1n) is 5.00. The van der Waals surface area contributed by atoms with E-state index in [9.17, 15) is 0 Å². The molecule has 2 rings (SSSR count). The Hall–Kier alpha value is -0.800. The molecule has 0 saturated carbocycles. The molecule has 3 nitrogen and oxygen atoms in total. The first-order valence-corrected chi connectivity index (χ1v) is 5.00. The van der Waals surface area contributed by atoms with Crippen molar-refractivity contribution in [2.24, 2.45) is 11.7 Å². The van der Waals surface area contributed by atoms with Gasteiger partial charge in [-0.05, 0) is 30.5 Å².